The minimum absolute atomic E-state index is 0.00128. The van der Waals surface area contributed by atoms with Crippen LogP contribution in [0.25, 0.3) is 11.3 Å². The molecule has 0 bridgehead atoms. The lowest BCUT2D eigenvalue weighted by molar-refractivity contribution is -0.139. The summed E-state index contributed by atoms with van der Waals surface area (Å²) in [7, 11) is 1.64. The average Bonchev–Trinajstić information content (AvgIpc) is 3.15. The highest BCUT2D eigenvalue weighted by molar-refractivity contribution is 5.81. The van der Waals surface area contributed by atoms with Gasteiger partial charge in [-0.15, -0.1) is 0 Å². The lowest BCUT2D eigenvalue weighted by atomic mass is 10.1. The fraction of sp³-hybridized carbons (Fsp3) is 0.350. The smallest absolute Gasteiger partial charge is 0.341 e. The van der Waals surface area contributed by atoms with Crippen LogP contribution in [-0.2, 0) is 16.1 Å². The number of likely N-dealkylation sites (tertiary alicyclic amines) is 1. The highest BCUT2D eigenvalue weighted by Gasteiger charge is 2.30. The molecule has 1 aromatic heterocycles. The van der Waals surface area contributed by atoms with Crippen molar-refractivity contribution in [2.75, 3.05) is 20.2 Å². The number of carboxylic acid groups (broad SMARTS) is 1. The van der Waals surface area contributed by atoms with Crippen LogP contribution in [0.1, 0.15) is 18.4 Å². The molecule has 1 aliphatic rings. The summed E-state index contributed by atoms with van der Waals surface area (Å²) >= 11 is 0. The third-order valence-corrected chi connectivity index (χ3v) is 4.66. The van der Waals surface area contributed by atoms with Crippen LogP contribution in [-0.4, -0.2) is 53.1 Å². The lowest BCUT2D eigenvalue weighted by Crippen LogP contribution is -2.41. The van der Waals surface area contributed by atoms with Crippen LogP contribution in [0.5, 0.6) is 5.75 Å². The molecule has 2 N–H and O–H groups in total. The molecule has 0 spiro atoms. The lowest BCUT2D eigenvalue weighted by Gasteiger charge is -2.24. The number of carboxylic acids is 1. The van der Waals surface area contributed by atoms with Crippen LogP contribution in [0, 0.1) is 0 Å². The molecule has 27 heavy (non-hydrogen) atoms. The molecule has 1 amide bonds. The van der Waals surface area contributed by atoms with Gasteiger partial charge in [-0.05, 0) is 49.7 Å². The maximum absolute atomic E-state index is 12.1. The predicted octanol–water partition coefficient (Wildman–Crippen LogP) is 1.92. The second kappa shape index (κ2) is 8.64. The maximum Gasteiger partial charge on any atom is 0.341 e. The zero-order valence-electron chi connectivity index (χ0n) is 15.2. The van der Waals surface area contributed by atoms with Gasteiger partial charge >= 0.3 is 5.97 Å². The fourth-order valence-corrected chi connectivity index (χ4v) is 3.37. The van der Waals surface area contributed by atoms with Gasteiger partial charge < -0.3 is 15.2 Å². The van der Waals surface area contributed by atoms with Crippen molar-refractivity contribution in [2.24, 2.45) is 0 Å². The first-order valence-corrected chi connectivity index (χ1v) is 8.93. The third kappa shape index (κ3) is 4.62. The quantitative estimate of drug-likeness (QED) is 0.775. The number of aliphatic carboxylic acids is 1. The number of carbonyl (C=O) groups is 2. The number of benzene rings is 1. The normalized spacial score (nSPS) is 16.9. The summed E-state index contributed by atoms with van der Waals surface area (Å²) in [5, 5.41) is 11.6. The van der Waals surface area contributed by atoms with Crippen LogP contribution < -0.4 is 10.1 Å². The Morgan fingerprint density at radius 3 is 2.89 bits per heavy atom. The number of aromatic nitrogens is 1. The third-order valence-electron chi connectivity index (χ3n) is 4.66. The molecule has 0 aliphatic carbocycles. The van der Waals surface area contributed by atoms with Crippen LogP contribution in [0.15, 0.2) is 42.6 Å². The van der Waals surface area contributed by atoms with E-state index < -0.39 is 12.6 Å². The van der Waals surface area contributed by atoms with Crippen molar-refractivity contribution >= 4 is 11.9 Å². The Labute approximate surface area is 158 Å². The highest BCUT2D eigenvalue weighted by Crippen LogP contribution is 2.29. The number of nitrogens with one attached hydrogen (secondary N) is 1. The van der Waals surface area contributed by atoms with Gasteiger partial charge in [0.05, 0.1) is 11.7 Å². The fourth-order valence-electron chi connectivity index (χ4n) is 3.37. The van der Waals surface area contributed by atoms with Gasteiger partial charge in [0.25, 0.3) is 0 Å². The Balaban J connectivity index is 1.89. The van der Waals surface area contributed by atoms with E-state index >= 15 is 0 Å². The van der Waals surface area contributed by atoms with Crippen molar-refractivity contribution in [3.8, 4) is 17.0 Å². The molecule has 7 heteroatoms. The van der Waals surface area contributed by atoms with Gasteiger partial charge in [0.2, 0.25) is 5.91 Å². The van der Waals surface area contributed by atoms with Gasteiger partial charge in [0, 0.05) is 30.9 Å². The Hall–Kier alpha value is -2.93. The number of nitrogens with zero attached hydrogens (tertiary/aromatic N) is 2. The van der Waals surface area contributed by atoms with E-state index in [0.29, 0.717) is 12.3 Å². The average molecular weight is 369 g/mol. The summed E-state index contributed by atoms with van der Waals surface area (Å²) in [5.74, 6) is -0.514. The van der Waals surface area contributed by atoms with Gasteiger partial charge in [0.15, 0.2) is 6.61 Å². The Bertz CT molecular complexity index is 810. The first-order chi connectivity index (χ1) is 13.1. The van der Waals surface area contributed by atoms with E-state index in [-0.39, 0.29) is 11.9 Å². The number of amides is 1. The molecule has 2 heterocycles. The Morgan fingerprint density at radius 2 is 2.19 bits per heavy atom. The zero-order chi connectivity index (χ0) is 19.2. The molecule has 0 saturated carbocycles. The molecule has 7 nitrogen and oxygen atoms in total. The molecule has 1 saturated heterocycles. The summed E-state index contributed by atoms with van der Waals surface area (Å²) in [4.78, 5) is 29.5. The van der Waals surface area contributed by atoms with E-state index in [0.717, 1.165) is 36.2 Å². The number of rotatable bonds is 7. The number of hydrogen-bond donors (Lipinski definition) is 2. The summed E-state index contributed by atoms with van der Waals surface area (Å²) in [6.07, 6.45) is 3.49. The second-order valence-electron chi connectivity index (χ2n) is 6.46. The van der Waals surface area contributed by atoms with Crippen molar-refractivity contribution in [3.05, 3.63) is 48.2 Å². The van der Waals surface area contributed by atoms with Gasteiger partial charge in [-0.25, -0.2) is 4.79 Å². The van der Waals surface area contributed by atoms with Crippen molar-refractivity contribution < 1.29 is 19.4 Å². The van der Waals surface area contributed by atoms with Gasteiger partial charge in [-0.1, -0.05) is 6.07 Å². The minimum atomic E-state index is -1.03. The monoisotopic (exact) mass is 369 g/mol. The van der Waals surface area contributed by atoms with Gasteiger partial charge in [0.1, 0.15) is 5.75 Å². The second-order valence-corrected chi connectivity index (χ2v) is 6.46. The topological polar surface area (TPSA) is 91.8 Å². The number of hydrogen-bond acceptors (Lipinski definition) is 5. The number of carbonyl (C=O) groups excluding carboxylic acids is 1. The molecular weight excluding hydrogens is 346 g/mol. The Morgan fingerprint density at radius 1 is 1.33 bits per heavy atom. The molecule has 1 aromatic carbocycles. The van der Waals surface area contributed by atoms with E-state index in [1.165, 1.54) is 0 Å². The SMILES string of the molecule is CNC(=O)[C@@H]1CCCN1Cc1cc(-c2ccccn2)ccc1OCC(=O)O. The predicted molar refractivity (Wildman–Crippen MR) is 100 cm³/mol. The molecular formula is C20H23N3O4. The van der Waals surface area contributed by atoms with Crippen LogP contribution in [0.3, 0.4) is 0 Å². The van der Waals surface area contributed by atoms with E-state index in [1.807, 2.05) is 30.3 Å². The highest BCUT2D eigenvalue weighted by atomic mass is 16.5. The van der Waals surface area contributed by atoms with E-state index in [2.05, 4.69) is 15.2 Å². The van der Waals surface area contributed by atoms with Crippen molar-refractivity contribution in [2.45, 2.75) is 25.4 Å². The summed E-state index contributed by atoms with van der Waals surface area (Å²) in [6, 6.07) is 11.1. The number of ether oxygens (including phenoxy) is 1. The van der Waals surface area contributed by atoms with E-state index in [4.69, 9.17) is 9.84 Å². The van der Waals surface area contributed by atoms with Crippen LogP contribution in [0.4, 0.5) is 0 Å². The van der Waals surface area contributed by atoms with Crippen molar-refractivity contribution in [3.63, 3.8) is 0 Å². The Kier molecular flexibility index (Phi) is 6.03. The molecule has 1 atom stereocenters. The number of likely N-dealkylation sites (N-methyl/N-ethyl adjacent to an activating group) is 1. The minimum Gasteiger partial charge on any atom is -0.482 e. The van der Waals surface area contributed by atoms with E-state index in [9.17, 15) is 9.59 Å². The molecule has 142 valence electrons. The van der Waals surface area contributed by atoms with Crippen molar-refractivity contribution in [1.82, 2.24) is 15.2 Å². The molecule has 2 aromatic rings. The zero-order valence-corrected chi connectivity index (χ0v) is 15.2. The first kappa shape index (κ1) is 18.8. The molecule has 1 fully saturated rings. The summed E-state index contributed by atoms with van der Waals surface area (Å²) in [6.45, 7) is 0.910. The van der Waals surface area contributed by atoms with Crippen LogP contribution in [0.2, 0.25) is 0 Å². The van der Waals surface area contributed by atoms with Gasteiger partial charge in [-0.2, -0.15) is 0 Å². The van der Waals surface area contributed by atoms with E-state index in [1.54, 1.807) is 19.3 Å². The standard InChI is InChI=1S/C20H23N3O4/c1-21-20(26)17-6-4-10-23(17)12-15-11-14(16-5-2-3-9-22-16)7-8-18(15)27-13-19(24)25/h2-3,5,7-9,11,17H,4,6,10,12-13H2,1H3,(H,21,26)(H,24,25)/t17-/m0/s1. The van der Waals surface area contributed by atoms with Gasteiger partial charge in [-0.3, -0.25) is 14.7 Å². The van der Waals surface area contributed by atoms with Crippen molar-refractivity contribution in [1.29, 1.82) is 0 Å². The first-order valence-electron chi connectivity index (χ1n) is 8.93. The maximum atomic E-state index is 12.1. The molecule has 0 unspecified atom stereocenters. The summed E-state index contributed by atoms with van der Waals surface area (Å²) < 4.78 is 5.47. The number of pyridine rings is 1. The molecule has 1 aliphatic heterocycles. The molecule has 0 radical (unpaired) electrons. The molecule has 3 rings (SSSR count). The largest absolute Gasteiger partial charge is 0.482 e. The summed E-state index contributed by atoms with van der Waals surface area (Å²) in [5.41, 5.74) is 2.59. The van der Waals surface area contributed by atoms with Crippen LogP contribution >= 0.6 is 0 Å².